The lowest BCUT2D eigenvalue weighted by molar-refractivity contribution is -0.190. The van der Waals surface area contributed by atoms with E-state index in [9.17, 15) is 10.2 Å². The van der Waals surface area contributed by atoms with Gasteiger partial charge in [-0.1, -0.05) is 27.2 Å². The summed E-state index contributed by atoms with van der Waals surface area (Å²) in [6, 6.07) is 0. The van der Waals surface area contributed by atoms with Crippen LogP contribution in [0.25, 0.3) is 0 Å². The molecule has 0 spiro atoms. The van der Waals surface area contributed by atoms with Gasteiger partial charge in [0.2, 0.25) is 0 Å². The minimum Gasteiger partial charge on any atom is -0.390 e. The molecule has 0 aromatic carbocycles. The second-order valence-electron chi connectivity index (χ2n) is 7.13. The molecule has 2 nitrogen and oxygen atoms in total. The van der Waals surface area contributed by atoms with E-state index in [0.717, 1.165) is 25.7 Å². The van der Waals surface area contributed by atoms with Crippen LogP contribution in [-0.4, -0.2) is 21.4 Å². The van der Waals surface area contributed by atoms with Crippen molar-refractivity contribution < 1.29 is 10.2 Å². The van der Waals surface area contributed by atoms with Crippen LogP contribution in [0.5, 0.6) is 0 Å². The van der Waals surface area contributed by atoms with Gasteiger partial charge in [0, 0.05) is 0 Å². The molecule has 2 saturated carbocycles. The zero-order valence-electron chi connectivity index (χ0n) is 11.7. The van der Waals surface area contributed by atoms with Crippen LogP contribution in [-0.2, 0) is 0 Å². The zero-order valence-corrected chi connectivity index (χ0v) is 11.7. The van der Waals surface area contributed by atoms with Crippen molar-refractivity contribution >= 4 is 0 Å². The number of rotatable bonds is 1. The molecule has 2 heteroatoms. The Morgan fingerprint density at radius 2 is 1.71 bits per heavy atom. The Kier molecular flexibility index (Phi) is 3.33. The fourth-order valence-corrected chi connectivity index (χ4v) is 4.22. The average molecular weight is 240 g/mol. The Labute approximate surface area is 105 Å². The predicted molar refractivity (Wildman–Crippen MR) is 69.6 cm³/mol. The van der Waals surface area contributed by atoms with E-state index >= 15 is 0 Å². The van der Waals surface area contributed by atoms with Crippen LogP contribution in [0.2, 0.25) is 0 Å². The highest BCUT2D eigenvalue weighted by Gasteiger charge is 2.54. The fourth-order valence-electron chi connectivity index (χ4n) is 4.22. The van der Waals surface area contributed by atoms with Gasteiger partial charge in [-0.2, -0.15) is 0 Å². The van der Waals surface area contributed by atoms with Gasteiger partial charge in [-0.05, 0) is 56.3 Å². The lowest BCUT2D eigenvalue weighted by Gasteiger charge is -2.56. The Morgan fingerprint density at radius 1 is 1.06 bits per heavy atom. The summed E-state index contributed by atoms with van der Waals surface area (Å²) in [5.74, 6) is 1.56. The molecule has 0 amide bonds. The minimum absolute atomic E-state index is 0.287. The quantitative estimate of drug-likeness (QED) is 0.740. The van der Waals surface area contributed by atoms with Gasteiger partial charge in [0.15, 0.2) is 0 Å². The topological polar surface area (TPSA) is 40.5 Å². The smallest absolute Gasteiger partial charge is 0.0703 e. The molecule has 100 valence electrons. The van der Waals surface area contributed by atoms with Crippen molar-refractivity contribution in [1.29, 1.82) is 0 Å². The molecule has 0 bridgehead atoms. The molecule has 0 radical (unpaired) electrons. The summed E-state index contributed by atoms with van der Waals surface area (Å²) in [4.78, 5) is 0. The van der Waals surface area contributed by atoms with Crippen molar-refractivity contribution in [2.75, 3.05) is 0 Å². The third kappa shape index (κ3) is 2.15. The van der Waals surface area contributed by atoms with Crippen LogP contribution in [0.1, 0.15) is 59.8 Å². The SMILES string of the molecule is CC1CCC2C(C1)C(O)(C(C)C)CCC2(C)O. The molecule has 2 N–H and O–H groups in total. The van der Waals surface area contributed by atoms with E-state index in [4.69, 9.17) is 0 Å². The Balaban J connectivity index is 2.29. The summed E-state index contributed by atoms with van der Waals surface area (Å²) in [7, 11) is 0. The summed E-state index contributed by atoms with van der Waals surface area (Å²) in [6.45, 7) is 8.49. The van der Waals surface area contributed by atoms with Gasteiger partial charge in [-0.25, -0.2) is 0 Å². The van der Waals surface area contributed by atoms with Gasteiger partial charge in [-0.3, -0.25) is 0 Å². The van der Waals surface area contributed by atoms with Crippen molar-refractivity contribution in [3.05, 3.63) is 0 Å². The van der Waals surface area contributed by atoms with E-state index in [1.54, 1.807) is 0 Å². The van der Waals surface area contributed by atoms with Gasteiger partial charge in [0.05, 0.1) is 11.2 Å². The van der Waals surface area contributed by atoms with Crippen LogP contribution in [0.3, 0.4) is 0 Å². The van der Waals surface area contributed by atoms with Crippen molar-refractivity contribution in [3.63, 3.8) is 0 Å². The average Bonchev–Trinajstić information content (AvgIpc) is 2.24. The summed E-state index contributed by atoms with van der Waals surface area (Å²) in [5, 5.41) is 21.5. The van der Waals surface area contributed by atoms with Crippen LogP contribution in [0, 0.1) is 23.7 Å². The van der Waals surface area contributed by atoms with Crippen molar-refractivity contribution in [3.8, 4) is 0 Å². The molecule has 2 rings (SSSR count). The summed E-state index contributed by atoms with van der Waals surface area (Å²) < 4.78 is 0. The molecule has 2 fully saturated rings. The van der Waals surface area contributed by atoms with E-state index in [1.807, 2.05) is 6.92 Å². The molecule has 0 aromatic heterocycles. The van der Waals surface area contributed by atoms with Crippen molar-refractivity contribution in [2.24, 2.45) is 23.7 Å². The monoisotopic (exact) mass is 240 g/mol. The maximum atomic E-state index is 11.0. The largest absolute Gasteiger partial charge is 0.390 e. The fraction of sp³-hybridized carbons (Fsp3) is 1.00. The standard InChI is InChI=1S/C15H28O2/c1-10(2)15(17)8-7-14(4,16)12-6-5-11(3)9-13(12)15/h10-13,16-17H,5-9H2,1-4H3. The van der Waals surface area contributed by atoms with Crippen LogP contribution in [0.4, 0.5) is 0 Å². The van der Waals surface area contributed by atoms with Crippen molar-refractivity contribution in [1.82, 2.24) is 0 Å². The van der Waals surface area contributed by atoms with Gasteiger partial charge < -0.3 is 10.2 Å². The van der Waals surface area contributed by atoms with Gasteiger partial charge in [-0.15, -0.1) is 0 Å². The summed E-state index contributed by atoms with van der Waals surface area (Å²) in [6.07, 6.45) is 4.86. The first-order valence-electron chi connectivity index (χ1n) is 7.22. The molecule has 17 heavy (non-hydrogen) atoms. The molecule has 5 unspecified atom stereocenters. The Hall–Kier alpha value is -0.0800. The van der Waals surface area contributed by atoms with E-state index in [-0.39, 0.29) is 11.8 Å². The lowest BCUT2D eigenvalue weighted by atomic mass is 9.54. The first kappa shape index (κ1) is 13.4. The van der Waals surface area contributed by atoms with E-state index in [1.165, 1.54) is 6.42 Å². The number of hydrogen-bond acceptors (Lipinski definition) is 2. The molecule has 2 aliphatic carbocycles. The maximum Gasteiger partial charge on any atom is 0.0703 e. The third-order valence-electron chi connectivity index (χ3n) is 5.58. The lowest BCUT2D eigenvalue weighted by Crippen LogP contribution is -2.59. The number of hydrogen-bond donors (Lipinski definition) is 2. The molecule has 2 aliphatic rings. The first-order valence-corrected chi connectivity index (χ1v) is 7.22. The normalized spacial score (nSPS) is 51.4. The molecule has 0 aliphatic heterocycles. The molecule has 0 saturated heterocycles. The van der Waals surface area contributed by atoms with Crippen LogP contribution < -0.4 is 0 Å². The molecular formula is C15H28O2. The Morgan fingerprint density at radius 3 is 2.29 bits per heavy atom. The summed E-state index contributed by atoms with van der Waals surface area (Å²) in [5.41, 5.74) is -1.12. The zero-order chi connectivity index (χ0) is 12.8. The molecule has 0 aromatic rings. The molecule has 5 atom stereocenters. The maximum absolute atomic E-state index is 11.0. The van der Waals surface area contributed by atoms with E-state index in [2.05, 4.69) is 20.8 Å². The second-order valence-corrected chi connectivity index (χ2v) is 7.13. The van der Waals surface area contributed by atoms with E-state index in [0.29, 0.717) is 11.8 Å². The van der Waals surface area contributed by atoms with Crippen LogP contribution >= 0.6 is 0 Å². The third-order valence-corrected chi connectivity index (χ3v) is 5.58. The van der Waals surface area contributed by atoms with Crippen molar-refractivity contribution in [2.45, 2.75) is 71.0 Å². The predicted octanol–water partition coefficient (Wildman–Crippen LogP) is 2.97. The highest BCUT2D eigenvalue weighted by Crippen LogP contribution is 2.53. The number of fused-ring (bicyclic) bond motifs is 1. The second kappa shape index (κ2) is 4.24. The molecular weight excluding hydrogens is 212 g/mol. The highest BCUT2D eigenvalue weighted by atomic mass is 16.3. The highest BCUT2D eigenvalue weighted by molar-refractivity contribution is 5.05. The minimum atomic E-state index is -0.564. The van der Waals surface area contributed by atoms with Gasteiger partial charge >= 0.3 is 0 Å². The first-order chi connectivity index (χ1) is 7.77. The number of aliphatic hydroxyl groups is 2. The van der Waals surface area contributed by atoms with Gasteiger partial charge in [0.25, 0.3) is 0 Å². The summed E-state index contributed by atoms with van der Waals surface area (Å²) >= 11 is 0. The van der Waals surface area contributed by atoms with Crippen LogP contribution in [0.15, 0.2) is 0 Å². The van der Waals surface area contributed by atoms with E-state index < -0.39 is 11.2 Å². The molecule has 0 heterocycles. The Bertz CT molecular complexity index is 285. The van der Waals surface area contributed by atoms with Gasteiger partial charge in [0.1, 0.15) is 0 Å².